The quantitative estimate of drug-likeness (QED) is 0.691. The van der Waals surface area contributed by atoms with E-state index in [1.54, 1.807) is 6.26 Å². The zero-order chi connectivity index (χ0) is 8.93. The van der Waals surface area contributed by atoms with Gasteiger partial charge in [0, 0.05) is 6.42 Å². The normalized spacial score (nSPS) is 10.2. The lowest BCUT2D eigenvalue weighted by Crippen LogP contribution is -1.85. The maximum atomic E-state index is 5.22. The molecule has 0 aliphatic carbocycles. The van der Waals surface area contributed by atoms with Crippen LogP contribution in [-0.2, 0) is 6.42 Å². The fourth-order valence-corrected chi connectivity index (χ4v) is 1.24. The van der Waals surface area contributed by atoms with Crippen molar-refractivity contribution in [2.75, 3.05) is 0 Å². The van der Waals surface area contributed by atoms with Crippen molar-refractivity contribution in [1.29, 1.82) is 0 Å². The first kappa shape index (κ1) is 8.11. The van der Waals surface area contributed by atoms with Gasteiger partial charge in [-0.05, 0) is 24.1 Å². The van der Waals surface area contributed by atoms with Crippen molar-refractivity contribution in [3.05, 3.63) is 66.5 Å². The second kappa shape index (κ2) is 3.94. The van der Waals surface area contributed by atoms with Crippen molar-refractivity contribution >= 4 is 0 Å². The molecule has 1 heteroatoms. The molecular weight excluding hydrogens is 160 g/mol. The van der Waals surface area contributed by atoms with E-state index in [0.29, 0.717) is 0 Å². The Kier molecular flexibility index (Phi) is 2.46. The molecule has 13 heavy (non-hydrogen) atoms. The van der Waals surface area contributed by atoms with E-state index in [1.807, 2.05) is 30.3 Å². The molecule has 0 spiro atoms. The van der Waals surface area contributed by atoms with Crippen LogP contribution in [0, 0.1) is 6.42 Å². The smallest absolute Gasteiger partial charge is 0.104 e. The molecule has 0 saturated carbocycles. The van der Waals surface area contributed by atoms with Crippen molar-refractivity contribution in [2.24, 2.45) is 0 Å². The van der Waals surface area contributed by atoms with Crippen molar-refractivity contribution < 1.29 is 4.42 Å². The van der Waals surface area contributed by atoms with Gasteiger partial charge < -0.3 is 4.42 Å². The van der Waals surface area contributed by atoms with Gasteiger partial charge in [-0.3, -0.25) is 0 Å². The van der Waals surface area contributed by atoms with Gasteiger partial charge in [-0.15, -0.1) is 0 Å². The highest BCUT2D eigenvalue weighted by molar-refractivity contribution is 5.24. The van der Waals surface area contributed by atoms with Crippen LogP contribution in [0.4, 0.5) is 0 Å². The van der Waals surface area contributed by atoms with Gasteiger partial charge in [0.05, 0.1) is 6.26 Å². The van der Waals surface area contributed by atoms with E-state index in [-0.39, 0.29) is 0 Å². The number of hydrogen-bond acceptors (Lipinski definition) is 1. The summed E-state index contributed by atoms with van der Waals surface area (Å²) in [5.41, 5.74) is 1.24. The molecular formula is C12H11O. The van der Waals surface area contributed by atoms with Crippen LogP contribution in [0.3, 0.4) is 0 Å². The van der Waals surface area contributed by atoms with Crippen LogP contribution in [0.5, 0.6) is 0 Å². The summed E-state index contributed by atoms with van der Waals surface area (Å²) in [6.45, 7) is 0. The molecule has 65 valence electrons. The molecule has 0 aliphatic rings. The van der Waals surface area contributed by atoms with E-state index < -0.39 is 0 Å². The average molecular weight is 171 g/mol. The molecule has 1 aromatic carbocycles. The van der Waals surface area contributed by atoms with Crippen LogP contribution in [0.25, 0.3) is 0 Å². The Labute approximate surface area is 78.0 Å². The summed E-state index contributed by atoms with van der Waals surface area (Å²) in [4.78, 5) is 0. The fraction of sp³-hybridized carbons (Fsp3) is 0.0833. The fourth-order valence-electron chi connectivity index (χ4n) is 1.24. The van der Waals surface area contributed by atoms with Crippen LogP contribution in [0.15, 0.2) is 53.1 Å². The maximum absolute atomic E-state index is 5.22. The third-order valence-electron chi connectivity index (χ3n) is 1.92. The Hall–Kier alpha value is -1.50. The van der Waals surface area contributed by atoms with Crippen molar-refractivity contribution in [3.8, 4) is 0 Å². The Morgan fingerprint density at radius 1 is 1.00 bits per heavy atom. The number of benzene rings is 1. The van der Waals surface area contributed by atoms with Crippen LogP contribution >= 0.6 is 0 Å². The first-order chi connectivity index (χ1) is 6.45. The minimum absolute atomic E-state index is 0.858. The summed E-state index contributed by atoms with van der Waals surface area (Å²) in [7, 11) is 0. The van der Waals surface area contributed by atoms with Crippen LogP contribution in [0.1, 0.15) is 11.3 Å². The minimum Gasteiger partial charge on any atom is -0.469 e. The van der Waals surface area contributed by atoms with Gasteiger partial charge in [-0.1, -0.05) is 30.3 Å². The molecule has 0 N–H and O–H groups in total. The highest BCUT2D eigenvalue weighted by Gasteiger charge is 1.96. The molecule has 1 nitrogen and oxygen atoms in total. The Bertz CT molecular complexity index is 335. The third-order valence-corrected chi connectivity index (χ3v) is 1.92. The molecule has 2 rings (SSSR count). The lowest BCUT2D eigenvalue weighted by atomic mass is 10.1. The van der Waals surface area contributed by atoms with E-state index in [4.69, 9.17) is 4.42 Å². The third kappa shape index (κ3) is 2.22. The Morgan fingerprint density at radius 2 is 1.85 bits per heavy atom. The standard InChI is InChI=1S/C12H11O/c1-2-5-11(6-3-1)8-9-12-7-4-10-13-12/h1-8,10H,9H2. The average Bonchev–Trinajstić information content (AvgIpc) is 2.69. The molecule has 0 atom stereocenters. The lowest BCUT2D eigenvalue weighted by Gasteiger charge is -1.97. The van der Waals surface area contributed by atoms with Crippen molar-refractivity contribution in [1.82, 2.24) is 0 Å². The first-order valence-corrected chi connectivity index (χ1v) is 4.36. The van der Waals surface area contributed by atoms with Crippen molar-refractivity contribution in [2.45, 2.75) is 6.42 Å². The Morgan fingerprint density at radius 3 is 2.54 bits per heavy atom. The summed E-state index contributed by atoms with van der Waals surface area (Å²) >= 11 is 0. The predicted octanol–water partition coefficient (Wildman–Crippen LogP) is 3.07. The van der Waals surface area contributed by atoms with Gasteiger partial charge in [-0.2, -0.15) is 0 Å². The van der Waals surface area contributed by atoms with E-state index in [2.05, 4.69) is 18.6 Å². The predicted molar refractivity (Wildman–Crippen MR) is 52.3 cm³/mol. The Balaban J connectivity index is 1.94. The van der Waals surface area contributed by atoms with Gasteiger partial charge in [0.15, 0.2) is 0 Å². The second-order valence-electron chi connectivity index (χ2n) is 2.90. The van der Waals surface area contributed by atoms with Gasteiger partial charge in [0.25, 0.3) is 0 Å². The topological polar surface area (TPSA) is 13.1 Å². The number of hydrogen-bond donors (Lipinski definition) is 0. The largest absolute Gasteiger partial charge is 0.469 e. The molecule has 0 aliphatic heterocycles. The number of rotatable bonds is 3. The molecule has 1 radical (unpaired) electrons. The highest BCUT2D eigenvalue weighted by Crippen LogP contribution is 2.08. The van der Waals surface area contributed by atoms with Crippen LogP contribution < -0.4 is 0 Å². The van der Waals surface area contributed by atoms with Crippen LogP contribution in [-0.4, -0.2) is 0 Å². The van der Waals surface area contributed by atoms with E-state index in [1.165, 1.54) is 5.56 Å². The molecule has 0 bridgehead atoms. The zero-order valence-electron chi connectivity index (χ0n) is 7.31. The minimum atomic E-state index is 0.858. The molecule has 1 aromatic heterocycles. The zero-order valence-corrected chi connectivity index (χ0v) is 7.31. The van der Waals surface area contributed by atoms with Crippen LogP contribution in [0.2, 0.25) is 0 Å². The maximum Gasteiger partial charge on any atom is 0.104 e. The molecule has 1 heterocycles. The van der Waals surface area contributed by atoms with Gasteiger partial charge >= 0.3 is 0 Å². The van der Waals surface area contributed by atoms with E-state index in [9.17, 15) is 0 Å². The summed E-state index contributed by atoms with van der Waals surface area (Å²) in [5, 5.41) is 0. The second-order valence-corrected chi connectivity index (χ2v) is 2.90. The van der Waals surface area contributed by atoms with Gasteiger partial charge in [-0.25, -0.2) is 0 Å². The van der Waals surface area contributed by atoms with Gasteiger partial charge in [0.1, 0.15) is 5.76 Å². The molecule has 0 unspecified atom stereocenters. The first-order valence-electron chi connectivity index (χ1n) is 4.36. The number of furan rings is 1. The molecule has 0 fully saturated rings. The lowest BCUT2D eigenvalue weighted by molar-refractivity contribution is 0.519. The summed E-state index contributed by atoms with van der Waals surface area (Å²) in [6, 6.07) is 14.2. The summed E-state index contributed by atoms with van der Waals surface area (Å²) in [6.07, 6.45) is 4.71. The highest BCUT2D eigenvalue weighted by atomic mass is 16.3. The molecule has 2 aromatic rings. The summed E-state index contributed by atoms with van der Waals surface area (Å²) in [5.74, 6) is 1.00. The van der Waals surface area contributed by atoms with E-state index >= 15 is 0 Å². The van der Waals surface area contributed by atoms with Gasteiger partial charge in [0.2, 0.25) is 0 Å². The monoisotopic (exact) mass is 171 g/mol. The molecule has 0 saturated heterocycles. The molecule has 0 amide bonds. The summed E-state index contributed by atoms with van der Waals surface area (Å²) < 4.78 is 5.22. The van der Waals surface area contributed by atoms with Crippen molar-refractivity contribution in [3.63, 3.8) is 0 Å². The SMILES string of the molecule is [CH](Cc1ccco1)c1ccccc1. The van der Waals surface area contributed by atoms with E-state index in [0.717, 1.165) is 12.2 Å².